The van der Waals surface area contributed by atoms with Crippen LogP contribution in [0.2, 0.25) is 0 Å². The van der Waals surface area contributed by atoms with Crippen molar-refractivity contribution in [2.75, 3.05) is 59.4 Å². The number of hydrogen-bond acceptors (Lipinski definition) is 6. The second kappa shape index (κ2) is 25.0. The van der Waals surface area contributed by atoms with Crippen LogP contribution in [0.15, 0.2) is 0 Å². The second-order valence-corrected chi connectivity index (χ2v) is 7.52. The molecular formula is C23H45NO7. The Bertz CT molecular complexity index is 407. The van der Waals surface area contributed by atoms with E-state index in [-0.39, 0.29) is 18.7 Å². The highest BCUT2D eigenvalue weighted by molar-refractivity contribution is 5.80. The Morgan fingerprint density at radius 1 is 0.613 bits per heavy atom. The molecule has 0 rings (SSSR count). The van der Waals surface area contributed by atoms with Crippen molar-refractivity contribution in [3.8, 4) is 0 Å². The van der Waals surface area contributed by atoms with Crippen molar-refractivity contribution in [1.82, 2.24) is 5.32 Å². The van der Waals surface area contributed by atoms with Gasteiger partial charge in [-0.25, -0.2) is 0 Å². The topological polar surface area (TPSA) is 103 Å². The van der Waals surface area contributed by atoms with Crippen LogP contribution in [0.4, 0.5) is 0 Å². The first-order chi connectivity index (χ1) is 15.2. The zero-order valence-electron chi connectivity index (χ0n) is 19.5. The predicted octanol–water partition coefficient (Wildman–Crippen LogP) is 3.56. The summed E-state index contributed by atoms with van der Waals surface area (Å²) in [6.07, 6.45) is 11.0. The van der Waals surface area contributed by atoms with Gasteiger partial charge in [0.15, 0.2) is 0 Å². The van der Waals surface area contributed by atoms with E-state index in [1.165, 1.54) is 44.9 Å². The molecule has 0 saturated carbocycles. The summed E-state index contributed by atoms with van der Waals surface area (Å²) >= 11 is 0. The maximum Gasteiger partial charge on any atom is 0.303 e. The van der Waals surface area contributed by atoms with Crippen LogP contribution in [-0.2, 0) is 28.5 Å². The van der Waals surface area contributed by atoms with Crippen LogP contribution in [0.5, 0.6) is 0 Å². The SMILES string of the molecule is CCCCCCCCCCOCCOCCOCCOCCCNC(=O)CCC(=O)O. The highest BCUT2D eigenvalue weighted by Gasteiger charge is 2.04. The fourth-order valence-electron chi connectivity index (χ4n) is 2.81. The summed E-state index contributed by atoms with van der Waals surface area (Å²) in [6.45, 7) is 7.36. The van der Waals surface area contributed by atoms with E-state index in [1.54, 1.807) is 0 Å². The lowest BCUT2D eigenvalue weighted by atomic mass is 10.1. The number of nitrogens with one attached hydrogen (secondary N) is 1. The van der Waals surface area contributed by atoms with Gasteiger partial charge in [-0.05, 0) is 12.8 Å². The smallest absolute Gasteiger partial charge is 0.303 e. The van der Waals surface area contributed by atoms with E-state index in [9.17, 15) is 9.59 Å². The molecule has 0 bridgehead atoms. The standard InChI is InChI=1S/C23H45NO7/c1-2-3-4-5-6-7-8-9-14-28-16-18-30-20-21-31-19-17-29-15-10-13-24-22(25)11-12-23(26)27/h2-21H2,1H3,(H,24,25)(H,26,27). The van der Waals surface area contributed by atoms with Crippen molar-refractivity contribution in [2.24, 2.45) is 0 Å². The number of aliphatic carboxylic acids is 1. The van der Waals surface area contributed by atoms with Gasteiger partial charge in [0.05, 0.1) is 46.1 Å². The summed E-state index contributed by atoms with van der Waals surface area (Å²) in [4.78, 5) is 21.7. The molecule has 0 aliphatic rings. The van der Waals surface area contributed by atoms with Gasteiger partial charge in [0.25, 0.3) is 0 Å². The number of carboxylic acids is 1. The van der Waals surface area contributed by atoms with Crippen LogP contribution in [0, 0.1) is 0 Å². The number of carbonyl (C=O) groups excluding carboxylic acids is 1. The third-order valence-electron chi connectivity index (χ3n) is 4.61. The minimum absolute atomic E-state index is 0.0114. The van der Waals surface area contributed by atoms with Gasteiger partial charge in [0, 0.05) is 26.2 Å². The van der Waals surface area contributed by atoms with Gasteiger partial charge in [-0.15, -0.1) is 0 Å². The first-order valence-corrected chi connectivity index (χ1v) is 12.0. The summed E-state index contributed by atoms with van der Waals surface area (Å²) in [7, 11) is 0. The van der Waals surface area contributed by atoms with Gasteiger partial charge >= 0.3 is 5.97 Å². The summed E-state index contributed by atoms with van der Waals surface area (Å²) in [5, 5.41) is 11.1. The van der Waals surface area contributed by atoms with Gasteiger partial charge in [0.1, 0.15) is 0 Å². The van der Waals surface area contributed by atoms with E-state index in [4.69, 9.17) is 24.1 Å². The predicted molar refractivity (Wildman–Crippen MR) is 120 cm³/mol. The number of amides is 1. The number of carboxylic acid groups (broad SMARTS) is 1. The van der Waals surface area contributed by atoms with Gasteiger partial charge in [0.2, 0.25) is 5.91 Å². The van der Waals surface area contributed by atoms with E-state index in [0.717, 1.165) is 13.0 Å². The summed E-state index contributed by atoms with van der Waals surface area (Å²) < 4.78 is 21.9. The van der Waals surface area contributed by atoms with Crippen molar-refractivity contribution >= 4 is 11.9 Å². The highest BCUT2D eigenvalue weighted by Crippen LogP contribution is 2.08. The third kappa shape index (κ3) is 26.7. The van der Waals surface area contributed by atoms with Crippen LogP contribution < -0.4 is 5.32 Å². The lowest BCUT2D eigenvalue weighted by Crippen LogP contribution is -2.25. The maximum absolute atomic E-state index is 11.3. The van der Waals surface area contributed by atoms with E-state index < -0.39 is 5.97 Å². The molecule has 0 spiro atoms. The first kappa shape index (κ1) is 29.8. The molecule has 2 N–H and O–H groups in total. The molecule has 0 aliphatic carbocycles. The quantitative estimate of drug-likeness (QED) is 0.206. The molecular weight excluding hydrogens is 402 g/mol. The van der Waals surface area contributed by atoms with Crippen molar-refractivity contribution in [2.45, 2.75) is 77.6 Å². The van der Waals surface area contributed by atoms with Gasteiger partial charge in [-0.1, -0.05) is 51.9 Å². The molecule has 0 aromatic carbocycles. The number of ether oxygens (including phenoxy) is 4. The van der Waals surface area contributed by atoms with Crippen molar-refractivity contribution in [3.63, 3.8) is 0 Å². The van der Waals surface area contributed by atoms with E-state index in [0.29, 0.717) is 59.2 Å². The molecule has 0 fully saturated rings. The number of rotatable bonds is 25. The van der Waals surface area contributed by atoms with E-state index in [1.807, 2.05) is 0 Å². The summed E-state index contributed by atoms with van der Waals surface area (Å²) in [5.41, 5.74) is 0. The average molecular weight is 448 g/mol. The maximum atomic E-state index is 11.3. The molecule has 31 heavy (non-hydrogen) atoms. The lowest BCUT2D eigenvalue weighted by Gasteiger charge is -2.08. The lowest BCUT2D eigenvalue weighted by molar-refractivity contribution is -0.138. The van der Waals surface area contributed by atoms with Gasteiger partial charge < -0.3 is 29.4 Å². The Kier molecular flexibility index (Phi) is 24.1. The average Bonchev–Trinajstić information content (AvgIpc) is 2.75. The first-order valence-electron chi connectivity index (χ1n) is 12.0. The second-order valence-electron chi connectivity index (χ2n) is 7.52. The van der Waals surface area contributed by atoms with Crippen LogP contribution in [-0.4, -0.2) is 76.4 Å². The minimum Gasteiger partial charge on any atom is -0.481 e. The van der Waals surface area contributed by atoms with Crippen molar-refractivity contribution < 1.29 is 33.6 Å². The van der Waals surface area contributed by atoms with Crippen LogP contribution in [0.25, 0.3) is 0 Å². The van der Waals surface area contributed by atoms with E-state index in [2.05, 4.69) is 12.2 Å². The number of hydrogen-bond donors (Lipinski definition) is 2. The molecule has 0 atom stereocenters. The molecule has 0 aromatic rings. The summed E-state index contributed by atoms with van der Waals surface area (Å²) in [5.74, 6) is -1.21. The van der Waals surface area contributed by atoms with Crippen molar-refractivity contribution in [1.29, 1.82) is 0 Å². The highest BCUT2D eigenvalue weighted by atomic mass is 16.6. The molecule has 1 amide bonds. The molecule has 8 heteroatoms. The molecule has 0 unspecified atom stereocenters. The monoisotopic (exact) mass is 447 g/mol. The Hall–Kier alpha value is -1.22. The fourth-order valence-corrected chi connectivity index (χ4v) is 2.81. The zero-order chi connectivity index (χ0) is 22.8. The molecule has 8 nitrogen and oxygen atoms in total. The Balaban J connectivity index is 3.08. The van der Waals surface area contributed by atoms with Gasteiger partial charge in [-0.3, -0.25) is 9.59 Å². The van der Waals surface area contributed by atoms with Crippen molar-refractivity contribution in [3.05, 3.63) is 0 Å². The molecule has 0 aliphatic heterocycles. The molecule has 0 aromatic heterocycles. The normalized spacial score (nSPS) is 11.0. The van der Waals surface area contributed by atoms with Crippen LogP contribution in [0.1, 0.15) is 77.6 Å². The third-order valence-corrected chi connectivity index (χ3v) is 4.61. The van der Waals surface area contributed by atoms with Gasteiger partial charge in [-0.2, -0.15) is 0 Å². The fraction of sp³-hybridized carbons (Fsp3) is 0.913. The van der Waals surface area contributed by atoms with E-state index >= 15 is 0 Å². The molecule has 0 heterocycles. The summed E-state index contributed by atoms with van der Waals surface area (Å²) in [6, 6.07) is 0. The molecule has 0 radical (unpaired) electrons. The van der Waals surface area contributed by atoms with Crippen LogP contribution in [0.3, 0.4) is 0 Å². The molecule has 184 valence electrons. The number of unbranched alkanes of at least 4 members (excludes halogenated alkanes) is 7. The Morgan fingerprint density at radius 2 is 1.06 bits per heavy atom. The largest absolute Gasteiger partial charge is 0.481 e. The Labute approximate surface area is 188 Å². The minimum atomic E-state index is -0.966. The molecule has 0 saturated heterocycles. The Morgan fingerprint density at radius 3 is 1.58 bits per heavy atom. The number of carbonyl (C=O) groups is 2. The zero-order valence-corrected chi connectivity index (χ0v) is 19.5. The van der Waals surface area contributed by atoms with Crippen LogP contribution >= 0.6 is 0 Å².